The van der Waals surface area contributed by atoms with Gasteiger partial charge in [-0.1, -0.05) is 24.3 Å². The number of hydrogen-bond acceptors (Lipinski definition) is 4. The van der Waals surface area contributed by atoms with Gasteiger partial charge in [0.2, 0.25) is 0 Å². The molecule has 0 spiro atoms. The average molecular weight is 363 g/mol. The second-order valence-corrected chi connectivity index (χ2v) is 8.55. The molecule has 134 valence electrons. The third kappa shape index (κ3) is 4.02. The van der Waals surface area contributed by atoms with Gasteiger partial charge in [-0.15, -0.1) is 0 Å². The Morgan fingerprint density at radius 3 is 2.40 bits per heavy atom. The Labute approximate surface area is 147 Å². The lowest BCUT2D eigenvalue weighted by Crippen LogP contribution is -2.36. The first-order valence-electron chi connectivity index (χ1n) is 8.48. The number of phenolic OH excluding ortho intramolecular Hbond substituents is 1. The van der Waals surface area contributed by atoms with E-state index < -0.39 is 15.1 Å². The summed E-state index contributed by atoms with van der Waals surface area (Å²) in [5.74, 6) is -0.481. The van der Waals surface area contributed by atoms with Crippen molar-refractivity contribution in [2.75, 3.05) is 13.1 Å². The lowest BCUT2D eigenvalue weighted by Gasteiger charge is -2.24. The molecule has 2 aromatic carbocycles. The molecule has 3 rings (SSSR count). The number of phenols is 1. The standard InChI is InChI=1S/C19H22FNO3S/c20-16-8-5-14(6-9-16)4-7-15-2-1-3-18(22)19(15)25(23,24)17-10-12-21-13-11-17/h1-3,5-6,8-9,17,21-22H,4,7,10-13H2. The fourth-order valence-electron chi connectivity index (χ4n) is 3.30. The molecule has 2 N–H and O–H groups in total. The van der Waals surface area contributed by atoms with E-state index in [4.69, 9.17) is 0 Å². The number of sulfone groups is 1. The van der Waals surface area contributed by atoms with Crippen LogP contribution in [-0.4, -0.2) is 31.9 Å². The largest absolute Gasteiger partial charge is 0.507 e. The maximum atomic E-state index is 13.0. The average Bonchev–Trinajstić information content (AvgIpc) is 2.62. The lowest BCUT2D eigenvalue weighted by atomic mass is 10.0. The van der Waals surface area contributed by atoms with Crippen LogP contribution in [0, 0.1) is 5.82 Å². The minimum absolute atomic E-state index is 0.0593. The number of piperidine rings is 1. The molecule has 0 unspecified atom stereocenters. The minimum Gasteiger partial charge on any atom is -0.507 e. The fraction of sp³-hybridized carbons (Fsp3) is 0.368. The van der Waals surface area contributed by atoms with E-state index in [0.29, 0.717) is 44.3 Å². The molecule has 1 aliphatic heterocycles. The highest BCUT2D eigenvalue weighted by Gasteiger charge is 2.32. The Morgan fingerprint density at radius 2 is 1.72 bits per heavy atom. The summed E-state index contributed by atoms with van der Waals surface area (Å²) in [6, 6.07) is 11.0. The molecular weight excluding hydrogens is 341 g/mol. The summed E-state index contributed by atoms with van der Waals surface area (Å²) in [5.41, 5.74) is 1.54. The van der Waals surface area contributed by atoms with Crippen molar-refractivity contribution in [3.05, 3.63) is 59.4 Å². The molecule has 0 aromatic heterocycles. The highest BCUT2D eigenvalue weighted by molar-refractivity contribution is 7.92. The van der Waals surface area contributed by atoms with Gasteiger partial charge in [-0.25, -0.2) is 12.8 Å². The van der Waals surface area contributed by atoms with E-state index in [9.17, 15) is 17.9 Å². The van der Waals surface area contributed by atoms with Gasteiger partial charge in [-0.2, -0.15) is 0 Å². The van der Waals surface area contributed by atoms with E-state index in [2.05, 4.69) is 5.32 Å². The van der Waals surface area contributed by atoms with Crippen LogP contribution in [0.2, 0.25) is 0 Å². The van der Waals surface area contributed by atoms with Crippen molar-refractivity contribution in [2.45, 2.75) is 35.8 Å². The van der Waals surface area contributed by atoms with Crippen LogP contribution in [-0.2, 0) is 22.7 Å². The molecule has 2 aromatic rings. The van der Waals surface area contributed by atoms with E-state index in [-0.39, 0.29) is 16.5 Å². The topological polar surface area (TPSA) is 66.4 Å². The number of rotatable bonds is 5. The van der Waals surface area contributed by atoms with E-state index in [1.807, 2.05) is 0 Å². The van der Waals surface area contributed by atoms with E-state index in [0.717, 1.165) is 5.56 Å². The predicted octanol–water partition coefficient (Wildman–Crippen LogP) is 2.84. The third-order valence-corrected chi connectivity index (χ3v) is 7.07. The summed E-state index contributed by atoms with van der Waals surface area (Å²) in [7, 11) is -3.58. The van der Waals surface area contributed by atoms with Gasteiger partial charge in [0, 0.05) is 0 Å². The second-order valence-electron chi connectivity index (χ2n) is 6.39. The Morgan fingerprint density at radius 1 is 1.04 bits per heavy atom. The van der Waals surface area contributed by atoms with Gasteiger partial charge < -0.3 is 10.4 Å². The summed E-state index contributed by atoms with van der Waals surface area (Å²) >= 11 is 0. The second kappa shape index (κ2) is 7.54. The minimum atomic E-state index is -3.58. The van der Waals surface area contributed by atoms with Crippen molar-refractivity contribution in [1.82, 2.24) is 5.32 Å². The molecule has 0 aliphatic carbocycles. The number of benzene rings is 2. The number of nitrogens with one attached hydrogen (secondary N) is 1. The predicted molar refractivity (Wildman–Crippen MR) is 95.0 cm³/mol. The number of aryl methyl sites for hydroxylation is 2. The van der Waals surface area contributed by atoms with E-state index in [1.165, 1.54) is 18.2 Å². The maximum absolute atomic E-state index is 13.0. The first-order valence-corrected chi connectivity index (χ1v) is 10.0. The zero-order valence-corrected chi connectivity index (χ0v) is 14.7. The summed E-state index contributed by atoms with van der Waals surface area (Å²) < 4.78 is 39.1. The van der Waals surface area contributed by atoms with Crippen molar-refractivity contribution in [1.29, 1.82) is 0 Å². The van der Waals surface area contributed by atoms with Gasteiger partial charge in [-0.05, 0) is 68.1 Å². The van der Waals surface area contributed by atoms with Crippen LogP contribution in [0.25, 0.3) is 0 Å². The molecule has 0 atom stereocenters. The molecule has 0 bridgehead atoms. The Kier molecular flexibility index (Phi) is 5.39. The molecule has 1 heterocycles. The quantitative estimate of drug-likeness (QED) is 0.857. The molecular formula is C19H22FNO3S. The zero-order chi connectivity index (χ0) is 17.9. The Hall–Kier alpha value is -1.92. The SMILES string of the molecule is O=S(=O)(c1c(O)cccc1CCc1ccc(F)cc1)C1CCNCC1. The first kappa shape index (κ1) is 17.9. The van der Waals surface area contributed by atoms with Gasteiger partial charge >= 0.3 is 0 Å². The van der Waals surface area contributed by atoms with Gasteiger partial charge in [0.1, 0.15) is 16.5 Å². The zero-order valence-electron chi connectivity index (χ0n) is 13.9. The lowest BCUT2D eigenvalue weighted by molar-refractivity contribution is 0.451. The van der Waals surface area contributed by atoms with Crippen molar-refractivity contribution >= 4 is 9.84 Å². The third-order valence-electron chi connectivity index (χ3n) is 4.68. The maximum Gasteiger partial charge on any atom is 0.185 e. The Balaban J connectivity index is 1.87. The number of aromatic hydroxyl groups is 1. The molecule has 25 heavy (non-hydrogen) atoms. The molecule has 1 aliphatic rings. The van der Waals surface area contributed by atoms with Gasteiger partial charge in [0.25, 0.3) is 0 Å². The number of halogens is 1. The molecule has 1 fully saturated rings. The summed E-state index contributed by atoms with van der Waals surface area (Å²) in [4.78, 5) is 0.0593. The molecule has 6 heteroatoms. The molecule has 1 saturated heterocycles. The van der Waals surface area contributed by atoms with Gasteiger partial charge in [-0.3, -0.25) is 0 Å². The molecule has 4 nitrogen and oxygen atoms in total. The van der Waals surface area contributed by atoms with Crippen LogP contribution in [0.1, 0.15) is 24.0 Å². The van der Waals surface area contributed by atoms with Crippen LogP contribution < -0.4 is 5.32 Å². The molecule has 0 saturated carbocycles. The highest BCUT2D eigenvalue weighted by Crippen LogP contribution is 2.33. The monoisotopic (exact) mass is 363 g/mol. The van der Waals surface area contributed by atoms with Crippen molar-refractivity contribution in [3.8, 4) is 5.75 Å². The summed E-state index contributed by atoms with van der Waals surface area (Å²) in [6.45, 7) is 1.34. The van der Waals surface area contributed by atoms with Crippen LogP contribution in [0.3, 0.4) is 0 Å². The molecule has 0 radical (unpaired) electrons. The summed E-state index contributed by atoms with van der Waals surface area (Å²) in [5, 5.41) is 12.9. The van der Waals surface area contributed by atoms with E-state index in [1.54, 1.807) is 24.3 Å². The number of hydrogen-bond donors (Lipinski definition) is 2. The van der Waals surface area contributed by atoms with Crippen LogP contribution in [0.4, 0.5) is 4.39 Å². The van der Waals surface area contributed by atoms with E-state index >= 15 is 0 Å². The van der Waals surface area contributed by atoms with Crippen molar-refractivity contribution in [2.24, 2.45) is 0 Å². The smallest absolute Gasteiger partial charge is 0.185 e. The van der Waals surface area contributed by atoms with Crippen LogP contribution >= 0.6 is 0 Å². The fourth-order valence-corrected chi connectivity index (χ4v) is 5.38. The van der Waals surface area contributed by atoms with Crippen molar-refractivity contribution in [3.63, 3.8) is 0 Å². The van der Waals surface area contributed by atoms with Gasteiger partial charge in [0.15, 0.2) is 9.84 Å². The van der Waals surface area contributed by atoms with Gasteiger partial charge in [0.05, 0.1) is 5.25 Å². The molecule has 0 amide bonds. The van der Waals surface area contributed by atoms with Crippen molar-refractivity contribution < 1.29 is 17.9 Å². The highest BCUT2D eigenvalue weighted by atomic mass is 32.2. The van der Waals surface area contributed by atoms with Crippen LogP contribution in [0.5, 0.6) is 5.75 Å². The van der Waals surface area contributed by atoms with Crippen LogP contribution in [0.15, 0.2) is 47.4 Å². The summed E-state index contributed by atoms with van der Waals surface area (Å²) in [6.07, 6.45) is 2.15. The normalized spacial score (nSPS) is 16.0. The first-order chi connectivity index (χ1) is 12.0. The Bertz CT molecular complexity index is 828.